The number of nitrogens with zero attached hydrogens (tertiary/aromatic N) is 2. The minimum absolute atomic E-state index is 0.0746. The Labute approximate surface area is 189 Å². The third-order valence-electron chi connectivity index (χ3n) is 4.90. The summed E-state index contributed by atoms with van der Waals surface area (Å²) >= 11 is 7.85. The number of ether oxygens (including phenoxy) is 1. The lowest BCUT2D eigenvalue weighted by Gasteiger charge is -2.18. The molecule has 0 bridgehead atoms. The van der Waals surface area contributed by atoms with Crippen LogP contribution in [0.5, 0.6) is 5.75 Å². The molecule has 0 saturated carbocycles. The van der Waals surface area contributed by atoms with Crippen molar-refractivity contribution in [3.63, 3.8) is 0 Å². The van der Waals surface area contributed by atoms with E-state index in [9.17, 15) is 9.59 Å². The fourth-order valence-corrected chi connectivity index (χ4v) is 4.57. The standard InChI is InChI=1S/C23H22ClN3O3S/c1-2-30-18-8-5-15(6-9-18)23-26-17(14-31-23)13-21(28)25-16-7-10-20(19(24)12-16)27-11-3-4-22(27)29/h5-10,12,14H,2-4,11,13H2,1H3,(H,25,28). The van der Waals surface area contributed by atoms with Gasteiger partial charge >= 0.3 is 0 Å². The van der Waals surface area contributed by atoms with Crippen LogP contribution in [-0.2, 0) is 16.0 Å². The molecule has 6 nitrogen and oxygen atoms in total. The molecule has 3 aromatic rings. The third kappa shape index (κ3) is 5.06. The summed E-state index contributed by atoms with van der Waals surface area (Å²) in [4.78, 5) is 30.7. The monoisotopic (exact) mass is 455 g/mol. The number of thiazole rings is 1. The first-order valence-electron chi connectivity index (χ1n) is 10.1. The Morgan fingerprint density at radius 2 is 2.06 bits per heavy atom. The molecule has 0 spiro atoms. The number of anilines is 2. The van der Waals surface area contributed by atoms with E-state index in [1.165, 1.54) is 11.3 Å². The highest BCUT2D eigenvalue weighted by Gasteiger charge is 2.23. The number of amides is 2. The molecule has 1 aromatic heterocycles. The van der Waals surface area contributed by atoms with Crippen molar-refractivity contribution in [2.24, 2.45) is 0 Å². The molecular weight excluding hydrogens is 434 g/mol. The van der Waals surface area contributed by atoms with E-state index in [0.717, 1.165) is 22.7 Å². The summed E-state index contributed by atoms with van der Waals surface area (Å²) in [5, 5.41) is 6.04. The number of rotatable bonds is 7. The molecule has 1 fully saturated rings. The second-order valence-corrected chi connectivity index (χ2v) is 8.41. The van der Waals surface area contributed by atoms with Gasteiger partial charge in [0.05, 0.1) is 29.4 Å². The van der Waals surface area contributed by atoms with Crippen molar-refractivity contribution < 1.29 is 14.3 Å². The van der Waals surface area contributed by atoms with Crippen LogP contribution in [0.2, 0.25) is 5.02 Å². The fraction of sp³-hybridized carbons (Fsp3) is 0.261. The van der Waals surface area contributed by atoms with Gasteiger partial charge in [0.25, 0.3) is 0 Å². The topological polar surface area (TPSA) is 71.5 Å². The van der Waals surface area contributed by atoms with E-state index in [1.807, 2.05) is 36.6 Å². The first-order valence-corrected chi connectivity index (χ1v) is 11.4. The predicted molar refractivity (Wildman–Crippen MR) is 124 cm³/mol. The van der Waals surface area contributed by atoms with Crippen LogP contribution in [0.1, 0.15) is 25.5 Å². The summed E-state index contributed by atoms with van der Waals surface area (Å²) in [5.41, 5.74) is 2.96. The Morgan fingerprint density at radius 1 is 1.26 bits per heavy atom. The van der Waals surface area contributed by atoms with E-state index in [-0.39, 0.29) is 18.2 Å². The van der Waals surface area contributed by atoms with Gasteiger partial charge in [0, 0.05) is 29.6 Å². The molecule has 1 N–H and O–H groups in total. The number of aromatic nitrogens is 1. The summed E-state index contributed by atoms with van der Waals surface area (Å²) in [7, 11) is 0. The molecule has 0 atom stereocenters. The predicted octanol–water partition coefficient (Wildman–Crippen LogP) is 5.17. The lowest BCUT2D eigenvalue weighted by Crippen LogP contribution is -2.24. The zero-order valence-electron chi connectivity index (χ0n) is 17.1. The zero-order chi connectivity index (χ0) is 21.8. The van der Waals surface area contributed by atoms with Crippen LogP contribution in [-0.4, -0.2) is 29.9 Å². The summed E-state index contributed by atoms with van der Waals surface area (Å²) in [6, 6.07) is 13.0. The molecule has 0 radical (unpaired) electrons. The Balaban J connectivity index is 1.38. The maximum Gasteiger partial charge on any atom is 0.230 e. The number of carbonyl (C=O) groups is 2. The van der Waals surface area contributed by atoms with E-state index < -0.39 is 0 Å². The summed E-state index contributed by atoms with van der Waals surface area (Å²) < 4.78 is 5.46. The van der Waals surface area contributed by atoms with Crippen molar-refractivity contribution in [2.75, 3.05) is 23.4 Å². The molecule has 160 valence electrons. The van der Waals surface area contributed by atoms with Crippen LogP contribution in [0.4, 0.5) is 11.4 Å². The van der Waals surface area contributed by atoms with Gasteiger partial charge in [-0.15, -0.1) is 11.3 Å². The minimum atomic E-state index is -0.176. The van der Waals surface area contributed by atoms with Gasteiger partial charge in [-0.3, -0.25) is 9.59 Å². The largest absolute Gasteiger partial charge is 0.494 e. The maximum atomic E-state index is 12.5. The Morgan fingerprint density at radius 3 is 2.74 bits per heavy atom. The average Bonchev–Trinajstić information content (AvgIpc) is 3.38. The van der Waals surface area contributed by atoms with E-state index in [2.05, 4.69) is 10.3 Å². The maximum absolute atomic E-state index is 12.5. The summed E-state index contributed by atoms with van der Waals surface area (Å²) in [5.74, 6) is 0.719. The van der Waals surface area contributed by atoms with Gasteiger partial charge in [0.1, 0.15) is 10.8 Å². The second kappa shape index (κ2) is 9.49. The third-order valence-corrected chi connectivity index (χ3v) is 6.14. The van der Waals surface area contributed by atoms with Crippen molar-refractivity contribution >= 4 is 46.1 Å². The molecule has 2 heterocycles. The highest BCUT2D eigenvalue weighted by Crippen LogP contribution is 2.32. The van der Waals surface area contributed by atoms with E-state index in [1.54, 1.807) is 23.1 Å². The SMILES string of the molecule is CCOc1ccc(-c2nc(CC(=O)Nc3ccc(N4CCCC4=O)c(Cl)c3)cs2)cc1. The van der Waals surface area contributed by atoms with Gasteiger partial charge in [0.15, 0.2) is 0 Å². The minimum Gasteiger partial charge on any atom is -0.494 e. The van der Waals surface area contributed by atoms with Crippen molar-refractivity contribution in [1.82, 2.24) is 4.98 Å². The molecule has 1 aliphatic rings. The van der Waals surface area contributed by atoms with E-state index >= 15 is 0 Å². The normalized spacial score (nSPS) is 13.5. The van der Waals surface area contributed by atoms with Crippen molar-refractivity contribution in [3.05, 3.63) is 58.6 Å². The number of benzene rings is 2. The molecule has 8 heteroatoms. The first-order chi connectivity index (χ1) is 15.0. The highest BCUT2D eigenvalue weighted by molar-refractivity contribution is 7.13. The number of halogens is 1. The lowest BCUT2D eigenvalue weighted by molar-refractivity contribution is -0.117. The zero-order valence-corrected chi connectivity index (χ0v) is 18.6. The molecular formula is C23H22ClN3O3S. The van der Waals surface area contributed by atoms with Crippen LogP contribution in [0, 0.1) is 0 Å². The average molecular weight is 456 g/mol. The van der Waals surface area contributed by atoms with E-state index in [0.29, 0.717) is 41.7 Å². The van der Waals surface area contributed by atoms with Gasteiger partial charge < -0.3 is 15.0 Å². The van der Waals surface area contributed by atoms with Crippen LogP contribution >= 0.6 is 22.9 Å². The van der Waals surface area contributed by atoms with Crippen molar-refractivity contribution in [2.45, 2.75) is 26.2 Å². The van der Waals surface area contributed by atoms with Crippen molar-refractivity contribution in [1.29, 1.82) is 0 Å². The summed E-state index contributed by atoms with van der Waals surface area (Å²) in [6.45, 7) is 3.24. The Kier molecular flexibility index (Phi) is 6.53. The molecule has 1 saturated heterocycles. The molecule has 0 unspecified atom stereocenters. The quantitative estimate of drug-likeness (QED) is 0.533. The Bertz CT molecular complexity index is 1100. The van der Waals surface area contributed by atoms with E-state index in [4.69, 9.17) is 16.3 Å². The second-order valence-electron chi connectivity index (χ2n) is 7.14. The van der Waals surface area contributed by atoms with Crippen LogP contribution in [0.25, 0.3) is 10.6 Å². The van der Waals surface area contributed by atoms with Gasteiger partial charge in [-0.05, 0) is 55.8 Å². The van der Waals surface area contributed by atoms with Crippen LogP contribution < -0.4 is 15.0 Å². The number of nitrogens with one attached hydrogen (secondary N) is 1. The van der Waals surface area contributed by atoms with Gasteiger partial charge in [-0.1, -0.05) is 11.6 Å². The van der Waals surface area contributed by atoms with Crippen molar-refractivity contribution in [3.8, 4) is 16.3 Å². The highest BCUT2D eigenvalue weighted by atomic mass is 35.5. The van der Waals surface area contributed by atoms with Gasteiger partial charge in [-0.25, -0.2) is 4.98 Å². The molecule has 31 heavy (non-hydrogen) atoms. The number of carbonyl (C=O) groups excluding carboxylic acids is 2. The lowest BCUT2D eigenvalue weighted by atomic mass is 10.2. The molecule has 4 rings (SSSR count). The number of hydrogen-bond donors (Lipinski definition) is 1. The Hall–Kier alpha value is -2.90. The smallest absolute Gasteiger partial charge is 0.230 e. The number of hydrogen-bond acceptors (Lipinski definition) is 5. The van der Waals surface area contributed by atoms with Gasteiger partial charge in [-0.2, -0.15) is 0 Å². The molecule has 2 amide bonds. The molecule has 2 aromatic carbocycles. The van der Waals surface area contributed by atoms with Gasteiger partial charge in [0.2, 0.25) is 11.8 Å². The first kappa shape index (κ1) is 21.3. The van der Waals surface area contributed by atoms with Crippen LogP contribution in [0.3, 0.4) is 0 Å². The fourth-order valence-electron chi connectivity index (χ4n) is 3.46. The molecule has 0 aliphatic carbocycles. The summed E-state index contributed by atoms with van der Waals surface area (Å²) in [6.07, 6.45) is 1.54. The van der Waals surface area contributed by atoms with Crippen LogP contribution in [0.15, 0.2) is 47.8 Å². The molecule has 1 aliphatic heterocycles.